The zero-order valence-electron chi connectivity index (χ0n) is 11.4. The summed E-state index contributed by atoms with van der Waals surface area (Å²) in [6.07, 6.45) is 11.4. The molecule has 1 aliphatic rings. The normalized spacial score (nSPS) is 18.8. The molecule has 3 nitrogen and oxygen atoms in total. The molecule has 1 aromatic heterocycles. The number of hydrazine groups is 1. The number of nitrogens with two attached hydrogens (primary N) is 1. The summed E-state index contributed by atoms with van der Waals surface area (Å²) in [4.78, 5) is 4.35. The molecule has 1 fully saturated rings. The van der Waals surface area contributed by atoms with E-state index in [1.165, 1.54) is 44.1 Å². The van der Waals surface area contributed by atoms with Crippen LogP contribution >= 0.6 is 0 Å². The van der Waals surface area contributed by atoms with Gasteiger partial charge in [0.2, 0.25) is 0 Å². The van der Waals surface area contributed by atoms with Gasteiger partial charge in [0.1, 0.15) is 0 Å². The van der Waals surface area contributed by atoms with Gasteiger partial charge in [0.25, 0.3) is 0 Å². The van der Waals surface area contributed by atoms with Gasteiger partial charge in [0.15, 0.2) is 0 Å². The number of aryl methyl sites for hydroxylation is 1. The lowest BCUT2D eigenvalue weighted by molar-refractivity contribution is 0.315. The molecule has 0 aliphatic heterocycles. The number of nitrogens with one attached hydrogen (secondary N) is 1. The Labute approximate surface area is 110 Å². The number of nitrogens with zero attached hydrogens (tertiary/aromatic N) is 1. The minimum Gasteiger partial charge on any atom is -0.271 e. The van der Waals surface area contributed by atoms with Crippen molar-refractivity contribution in [2.24, 2.45) is 11.8 Å². The molecule has 0 saturated heterocycles. The molecule has 0 bridgehead atoms. The van der Waals surface area contributed by atoms with E-state index in [0.717, 1.165) is 18.0 Å². The molecule has 2 rings (SSSR count). The Bertz CT molecular complexity index is 341. The molecule has 1 heterocycles. The number of hydrogen-bond acceptors (Lipinski definition) is 3. The van der Waals surface area contributed by atoms with Gasteiger partial charge in [-0.3, -0.25) is 16.3 Å². The first-order valence-electron chi connectivity index (χ1n) is 7.18. The second-order valence-electron chi connectivity index (χ2n) is 5.53. The zero-order chi connectivity index (χ0) is 12.8. The molecule has 0 amide bonds. The SMILES string of the molecule is Cc1ccc(C(CCC2CCCCC2)NN)cn1. The van der Waals surface area contributed by atoms with Crippen LogP contribution in [0.1, 0.15) is 62.2 Å². The average Bonchev–Trinajstić information content (AvgIpc) is 2.42. The summed E-state index contributed by atoms with van der Waals surface area (Å²) in [5, 5.41) is 0. The van der Waals surface area contributed by atoms with Crippen LogP contribution in [0.2, 0.25) is 0 Å². The summed E-state index contributed by atoms with van der Waals surface area (Å²) >= 11 is 0. The first-order valence-corrected chi connectivity index (χ1v) is 7.18. The van der Waals surface area contributed by atoms with Crippen LogP contribution in [0.5, 0.6) is 0 Å². The fourth-order valence-electron chi connectivity index (χ4n) is 2.91. The van der Waals surface area contributed by atoms with Gasteiger partial charge in [-0.05, 0) is 37.3 Å². The largest absolute Gasteiger partial charge is 0.271 e. The lowest BCUT2D eigenvalue weighted by Gasteiger charge is -2.24. The third-order valence-electron chi connectivity index (χ3n) is 4.13. The highest BCUT2D eigenvalue weighted by Crippen LogP contribution is 2.30. The molecule has 1 aromatic rings. The summed E-state index contributed by atoms with van der Waals surface area (Å²) in [7, 11) is 0. The van der Waals surface area contributed by atoms with Crippen molar-refractivity contribution in [3.63, 3.8) is 0 Å². The van der Waals surface area contributed by atoms with Gasteiger partial charge in [0, 0.05) is 17.9 Å². The maximum atomic E-state index is 5.68. The second kappa shape index (κ2) is 6.86. The van der Waals surface area contributed by atoms with Crippen LogP contribution in [0.3, 0.4) is 0 Å². The van der Waals surface area contributed by atoms with Crippen LogP contribution in [0, 0.1) is 12.8 Å². The second-order valence-corrected chi connectivity index (χ2v) is 5.53. The minimum absolute atomic E-state index is 0.250. The monoisotopic (exact) mass is 247 g/mol. The molecule has 0 aromatic carbocycles. The molecule has 3 N–H and O–H groups in total. The van der Waals surface area contributed by atoms with Gasteiger partial charge in [-0.25, -0.2) is 0 Å². The lowest BCUT2D eigenvalue weighted by Crippen LogP contribution is -2.28. The maximum absolute atomic E-state index is 5.68. The van der Waals surface area contributed by atoms with E-state index in [4.69, 9.17) is 5.84 Å². The Balaban J connectivity index is 1.86. The molecular formula is C15H25N3. The smallest absolute Gasteiger partial charge is 0.0475 e. The van der Waals surface area contributed by atoms with E-state index in [1.807, 2.05) is 13.1 Å². The van der Waals surface area contributed by atoms with Crippen LogP contribution in [0.25, 0.3) is 0 Å². The van der Waals surface area contributed by atoms with Crippen LogP contribution in [0.4, 0.5) is 0 Å². The van der Waals surface area contributed by atoms with Crippen LogP contribution in [0.15, 0.2) is 18.3 Å². The van der Waals surface area contributed by atoms with E-state index in [-0.39, 0.29) is 6.04 Å². The van der Waals surface area contributed by atoms with Crippen molar-refractivity contribution in [2.75, 3.05) is 0 Å². The highest BCUT2D eigenvalue weighted by atomic mass is 15.2. The van der Waals surface area contributed by atoms with Gasteiger partial charge in [-0.2, -0.15) is 0 Å². The average molecular weight is 247 g/mol. The van der Waals surface area contributed by atoms with Gasteiger partial charge in [-0.15, -0.1) is 0 Å². The Hall–Kier alpha value is -0.930. The summed E-state index contributed by atoms with van der Waals surface area (Å²) in [6, 6.07) is 4.44. The molecule has 1 atom stereocenters. The fraction of sp³-hybridized carbons (Fsp3) is 0.667. The molecule has 0 radical (unpaired) electrons. The van der Waals surface area contributed by atoms with E-state index in [0.29, 0.717) is 0 Å². The molecule has 3 heteroatoms. The third-order valence-corrected chi connectivity index (χ3v) is 4.13. The predicted molar refractivity (Wildman–Crippen MR) is 74.8 cm³/mol. The first kappa shape index (κ1) is 13.5. The van der Waals surface area contributed by atoms with E-state index >= 15 is 0 Å². The fourth-order valence-corrected chi connectivity index (χ4v) is 2.91. The molecular weight excluding hydrogens is 222 g/mol. The summed E-state index contributed by atoms with van der Waals surface area (Å²) in [5.74, 6) is 6.59. The topological polar surface area (TPSA) is 50.9 Å². The standard InChI is InChI=1S/C15H25N3/c1-12-7-9-14(11-17-12)15(18-16)10-8-13-5-3-2-4-6-13/h7,9,11,13,15,18H,2-6,8,10,16H2,1H3. The first-order chi connectivity index (χ1) is 8.79. The Kier molecular flexibility index (Phi) is 5.14. The van der Waals surface area contributed by atoms with Gasteiger partial charge in [0.05, 0.1) is 0 Å². The van der Waals surface area contributed by atoms with Crippen molar-refractivity contribution < 1.29 is 0 Å². The van der Waals surface area contributed by atoms with E-state index in [1.54, 1.807) is 0 Å². The van der Waals surface area contributed by atoms with Crippen molar-refractivity contribution in [3.8, 4) is 0 Å². The van der Waals surface area contributed by atoms with Gasteiger partial charge < -0.3 is 0 Å². The molecule has 100 valence electrons. The van der Waals surface area contributed by atoms with Gasteiger partial charge >= 0.3 is 0 Å². The maximum Gasteiger partial charge on any atom is 0.0475 e. The van der Waals surface area contributed by atoms with Crippen molar-refractivity contribution in [2.45, 2.75) is 57.9 Å². The van der Waals surface area contributed by atoms with Gasteiger partial charge in [-0.1, -0.05) is 38.2 Å². The van der Waals surface area contributed by atoms with Crippen molar-refractivity contribution in [1.82, 2.24) is 10.4 Å². The van der Waals surface area contributed by atoms with Crippen LogP contribution in [-0.4, -0.2) is 4.98 Å². The highest BCUT2D eigenvalue weighted by Gasteiger charge is 2.16. The Morgan fingerprint density at radius 3 is 2.72 bits per heavy atom. The number of hydrogen-bond donors (Lipinski definition) is 2. The third kappa shape index (κ3) is 3.79. The van der Waals surface area contributed by atoms with Crippen LogP contribution < -0.4 is 11.3 Å². The van der Waals surface area contributed by atoms with E-state index in [9.17, 15) is 0 Å². The Morgan fingerprint density at radius 1 is 1.33 bits per heavy atom. The minimum atomic E-state index is 0.250. The summed E-state index contributed by atoms with van der Waals surface area (Å²) < 4.78 is 0. The number of aromatic nitrogens is 1. The van der Waals surface area contributed by atoms with Crippen molar-refractivity contribution >= 4 is 0 Å². The van der Waals surface area contributed by atoms with Crippen molar-refractivity contribution in [1.29, 1.82) is 0 Å². The Morgan fingerprint density at radius 2 is 2.11 bits per heavy atom. The van der Waals surface area contributed by atoms with Crippen molar-refractivity contribution in [3.05, 3.63) is 29.6 Å². The van der Waals surface area contributed by atoms with Crippen LogP contribution in [-0.2, 0) is 0 Å². The summed E-state index contributed by atoms with van der Waals surface area (Å²) in [6.45, 7) is 2.01. The zero-order valence-corrected chi connectivity index (χ0v) is 11.4. The number of rotatable bonds is 5. The molecule has 0 spiro atoms. The quantitative estimate of drug-likeness (QED) is 0.620. The molecule has 1 saturated carbocycles. The van der Waals surface area contributed by atoms with E-state index < -0.39 is 0 Å². The predicted octanol–water partition coefficient (Wildman–Crippen LogP) is 3.25. The molecule has 18 heavy (non-hydrogen) atoms. The molecule has 1 aliphatic carbocycles. The highest BCUT2D eigenvalue weighted by molar-refractivity contribution is 5.16. The summed E-state index contributed by atoms with van der Waals surface area (Å²) in [5.41, 5.74) is 5.20. The number of pyridine rings is 1. The molecule has 1 unspecified atom stereocenters. The lowest BCUT2D eigenvalue weighted by atomic mass is 9.84. The van der Waals surface area contributed by atoms with E-state index in [2.05, 4.69) is 22.5 Å².